The summed E-state index contributed by atoms with van der Waals surface area (Å²) in [6.45, 7) is 1.10. The van der Waals surface area contributed by atoms with Crippen LogP contribution in [0.5, 0.6) is 0 Å². The normalized spacial score (nSPS) is 20.3. The molecule has 1 aromatic heterocycles. The average molecular weight is 315 g/mol. The number of furan rings is 1. The lowest BCUT2D eigenvalue weighted by Crippen LogP contribution is -2.30. The summed E-state index contributed by atoms with van der Waals surface area (Å²) in [5, 5.41) is 11.6. The molecule has 3 rings (SSSR count). The van der Waals surface area contributed by atoms with Crippen molar-refractivity contribution >= 4 is 11.9 Å². The number of carboxylic acids is 1. The summed E-state index contributed by atoms with van der Waals surface area (Å²) in [7, 11) is 0. The van der Waals surface area contributed by atoms with E-state index in [0.717, 1.165) is 12.0 Å². The van der Waals surface area contributed by atoms with Gasteiger partial charge in [-0.3, -0.25) is 4.79 Å². The smallest absolute Gasteiger partial charge is 0.371 e. The highest BCUT2D eigenvalue weighted by Crippen LogP contribution is 2.33. The zero-order valence-corrected chi connectivity index (χ0v) is 12.4. The molecule has 2 heterocycles. The summed E-state index contributed by atoms with van der Waals surface area (Å²) < 4.78 is 10.8. The van der Waals surface area contributed by atoms with Crippen molar-refractivity contribution < 1.29 is 23.8 Å². The van der Waals surface area contributed by atoms with Crippen molar-refractivity contribution in [3.05, 3.63) is 59.5 Å². The molecule has 1 saturated heterocycles. The van der Waals surface area contributed by atoms with Crippen molar-refractivity contribution in [2.24, 2.45) is 5.92 Å². The van der Waals surface area contributed by atoms with Crippen molar-refractivity contribution in [1.29, 1.82) is 0 Å². The van der Waals surface area contributed by atoms with Gasteiger partial charge in [-0.2, -0.15) is 0 Å². The molecule has 1 aliphatic heterocycles. The molecule has 0 unspecified atom stereocenters. The molecular formula is C17H17NO5. The molecule has 2 aromatic rings. The third-order valence-corrected chi connectivity index (χ3v) is 3.91. The Morgan fingerprint density at radius 3 is 2.57 bits per heavy atom. The number of benzene rings is 1. The van der Waals surface area contributed by atoms with Crippen LogP contribution in [-0.4, -0.2) is 30.1 Å². The van der Waals surface area contributed by atoms with Gasteiger partial charge >= 0.3 is 5.97 Å². The minimum Gasteiger partial charge on any atom is -0.475 e. The first-order valence-corrected chi connectivity index (χ1v) is 7.43. The molecule has 1 aromatic carbocycles. The molecule has 0 radical (unpaired) electrons. The molecule has 2 atom stereocenters. The van der Waals surface area contributed by atoms with E-state index in [1.54, 1.807) is 0 Å². The van der Waals surface area contributed by atoms with Crippen molar-refractivity contribution in [2.75, 3.05) is 13.2 Å². The van der Waals surface area contributed by atoms with Gasteiger partial charge in [-0.25, -0.2) is 4.79 Å². The van der Waals surface area contributed by atoms with Crippen LogP contribution in [0.25, 0.3) is 0 Å². The quantitative estimate of drug-likeness (QED) is 0.885. The molecule has 1 amide bonds. The molecule has 2 N–H and O–H groups in total. The van der Waals surface area contributed by atoms with E-state index in [4.69, 9.17) is 14.3 Å². The van der Waals surface area contributed by atoms with Gasteiger partial charge in [0, 0.05) is 19.1 Å². The SMILES string of the molecule is O=C(O)c1ccc(C(=O)NC[C@@H]2CCO[C@H]2c2ccccc2)o1. The maximum atomic E-state index is 12.0. The second-order valence-electron chi connectivity index (χ2n) is 5.43. The fourth-order valence-corrected chi connectivity index (χ4v) is 2.74. The van der Waals surface area contributed by atoms with Gasteiger partial charge < -0.3 is 19.6 Å². The van der Waals surface area contributed by atoms with Gasteiger partial charge in [0.25, 0.3) is 5.91 Å². The summed E-state index contributed by atoms with van der Waals surface area (Å²) >= 11 is 0. The van der Waals surface area contributed by atoms with E-state index < -0.39 is 11.9 Å². The Bertz CT molecular complexity index is 694. The van der Waals surface area contributed by atoms with Crippen molar-refractivity contribution in [1.82, 2.24) is 5.32 Å². The van der Waals surface area contributed by atoms with E-state index in [1.807, 2.05) is 30.3 Å². The average Bonchev–Trinajstić information content (AvgIpc) is 3.22. The van der Waals surface area contributed by atoms with E-state index >= 15 is 0 Å². The first-order chi connectivity index (χ1) is 11.1. The molecule has 23 heavy (non-hydrogen) atoms. The Balaban J connectivity index is 1.60. The maximum absolute atomic E-state index is 12.0. The zero-order chi connectivity index (χ0) is 16.2. The number of aromatic carboxylic acids is 1. The van der Waals surface area contributed by atoms with Crippen LogP contribution in [0.2, 0.25) is 0 Å². The second-order valence-corrected chi connectivity index (χ2v) is 5.43. The lowest BCUT2D eigenvalue weighted by Gasteiger charge is -2.19. The van der Waals surface area contributed by atoms with E-state index in [1.165, 1.54) is 12.1 Å². The Morgan fingerprint density at radius 2 is 1.87 bits per heavy atom. The lowest BCUT2D eigenvalue weighted by molar-refractivity contribution is 0.0659. The summed E-state index contributed by atoms with van der Waals surface area (Å²) in [6, 6.07) is 12.5. The largest absolute Gasteiger partial charge is 0.475 e. The predicted octanol–water partition coefficient (Wildman–Crippen LogP) is 2.49. The van der Waals surface area contributed by atoms with Crippen LogP contribution in [0.1, 0.15) is 39.2 Å². The number of hydrogen-bond acceptors (Lipinski definition) is 4. The van der Waals surface area contributed by atoms with Gasteiger partial charge in [-0.15, -0.1) is 0 Å². The van der Waals surface area contributed by atoms with E-state index in [-0.39, 0.29) is 23.5 Å². The maximum Gasteiger partial charge on any atom is 0.371 e. The predicted molar refractivity (Wildman–Crippen MR) is 81.2 cm³/mol. The van der Waals surface area contributed by atoms with Gasteiger partial charge in [0.2, 0.25) is 5.76 Å². The molecule has 0 aliphatic carbocycles. The standard InChI is InChI=1S/C17H17NO5/c19-16(13-6-7-14(23-13)17(20)21)18-10-12-8-9-22-15(12)11-4-2-1-3-5-11/h1-7,12,15H,8-10H2,(H,18,19)(H,20,21)/t12-,15-/m0/s1. The lowest BCUT2D eigenvalue weighted by atomic mass is 9.95. The number of rotatable bonds is 5. The third-order valence-electron chi connectivity index (χ3n) is 3.91. The Morgan fingerprint density at radius 1 is 1.13 bits per heavy atom. The van der Waals surface area contributed by atoms with Gasteiger partial charge in [0.1, 0.15) is 0 Å². The minimum atomic E-state index is -1.20. The Labute approximate surface area is 133 Å². The molecule has 6 nitrogen and oxygen atoms in total. The number of nitrogens with one attached hydrogen (secondary N) is 1. The molecule has 1 fully saturated rings. The number of carboxylic acid groups (broad SMARTS) is 1. The fourth-order valence-electron chi connectivity index (χ4n) is 2.74. The van der Waals surface area contributed by atoms with Gasteiger partial charge in [0.05, 0.1) is 6.10 Å². The summed E-state index contributed by atoms with van der Waals surface area (Å²) in [5.41, 5.74) is 1.09. The summed E-state index contributed by atoms with van der Waals surface area (Å²) in [4.78, 5) is 22.8. The molecule has 6 heteroatoms. The highest BCUT2D eigenvalue weighted by Gasteiger charge is 2.30. The molecule has 0 spiro atoms. The van der Waals surface area contributed by atoms with Gasteiger partial charge in [-0.05, 0) is 24.1 Å². The third kappa shape index (κ3) is 3.43. The second kappa shape index (κ2) is 6.66. The van der Waals surface area contributed by atoms with Crippen LogP contribution in [0.15, 0.2) is 46.9 Å². The summed E-state index contributed by atoms with van der Waals surface area (Å²) in [5.74, 6) is -1.69. The topological polar surface area (TPSA) is 88.8 Å². The highest BCUT2D eigenvalue weighted by atomic mass is 16.5. The van der Waals surface area contributed by atoms with Crippen LogP contribution >= 0.6 is 0 Å². The van der Waals surface area contributed by atoms with Gasteiger partial charge in [0.15, 0.2) is 5.76 Å². The number of amides is 1. The molecule has 0 saturated carbocycles. The molecule has 0 bridgehead atoms. The van der Waals surface area contributed by atoms with E-state index in [9.17, 15) is 9.59 Å². The minimum absolute atomic E-state index is 0.00224. The van der Waals surface area contributed by atoms with Crippen LogP contribution in [0.4, 0.5) is 0 Å². The molecule has 120 valence electrons. The number of carbonyl (C=O) groups excluding carboxylic acids is 1. The monoisotopic (exact) mass is 315 g/mol. The highest BCUT2D eigenvalue weighted by molar-refractivity contribution is 5.93. The first kappa shape index (κ1) is 15.3. The van der Waals surface area contributed by atoms with Crippen molar-refractivity contribution in [2.45, 2.75) is 12.5 Å². The number of hydrogen-bond donors (Lipinski definition) is 2. The van der Waals surface area contributed by atoms with E-state index in [0.29, 0.717) is 13.2 Å². The molecular weight excluding hydrogens is 298 g/mol. The Kier molecular flexibility index (Phi) is 4.43. The fraction of sp³-hybridized carbons (Fsp3) is 0.294. The van der Waals surface area contributed by atoms with Gasteiger partial charge in [-0.1, -0.05) is 30.3 Å². The van der Waals surface area contributed by atoms with Crippen LogP contribution < -0.4 is 5.32 Å². The first-order valence-electron chi connectivity index (χ1n) is 7.43. The van der Waals surface area contributed by atoms with E-state index in [2.05, 4.69) is 5.32 Å². The van der Waals surface area contributed by atoms with Crippen LogP contribution in [-0.2, 0) is 4.74 Å². The number of ether oxygens (including phenoxy) is 1. The molecule has 1 aliphatic rings. The van der Waals surface area contributed by atoms with Crippen molar-refractivity contribution in [3.8, 4) is 0 Å². The van der Waals surface area contributed by atoms with Crippen LogP contribution in [0, 0.1) is 5.92 Å². The Hall–Kier alpha value is -2.60. The van der Waals surface area contributed by atoms with Crippen molar-refractivity contribution in [3.63, 3.8) is 0 Å². The summed E-state index contributed by atoms with van der Waals surface area (Å²) in [6.07, 6.45) is 0.820. The van der Waals surface area contributed by atoms with Crippen LogP contribution in [0.3, 0.4) is 0 Å². The number of carbonyl (C=O) groups is 2. The zero-order valence-electron chi connectivity index (χ0n) is 12.4.